The molecule has 0 saturated carbocycles. The molecule has 0 atom stereocenters. The molecule has 246 valence electrons. The summed E-state index contributed by atoms with van der Waals surface area (Å²) in [5.41, 5.74) is 7.93. The third-order valence-electron chi connectivity index (χ3n) is 10.0. The highest BCUT2D eigenvalue weighted by Crippen LogP contribution is 2.42. The van der Waals surface area contributed by atoms with Gasteiger partial charge in [-0.3, -0.25) is 9.67 Å². The highest BCUT2D eigenvalue weighted by Gasteiger charge is 2.39. The minimum atomic E-state index is -0.686. The molecule has 4 aromatic carbocycles. The van der Waals surface area contributed by atoms with Gasteiger partial charge in [-0.1, -0.05) is 97.1 Å². The molecule has 0 aliphatic carbocycles. The second-order valence-corrected chi connectivity index (χ2v) is 12.8. The van der Waals surface area contributed by atoms with Crippen molar-refractivity contribution in [3.63, 3.8) is 0 Å². The van der Waals surface area contributed by atoms with Crippen molar-refractivity contribution in [2.75, 3.05) is 57.4 Å². The van der Waals surface area contributed by atoms with Gasteiger partial charge in [-0.2, -0.15) is 5.10 Å². The summed E-state index contributed by atoms with van der Waals surface area (Å²) in [6, 6.07) is 40.7. The van der Waals surface area contributed by atoms with E-state index in [-0.39, 0.29) is 6.03 Å². The Bertz CT molecular complexity index is 1950. The molecule has 6 aromatic rings. The number of nitrogens with zero attached hydrogens (tertiary/aromatic N) is 6. The standard InChI is InChI=1S/C41H40N6O2/c1-31-37(30-47(43-31)41(33-11-5-2-6-12-33,34-13-7-3-8-14-34)35-15-9-4-10-16-35)32-17-18-38-36(29-32)39(19-20-42-38)44-21-23-45(24-22-44)40(48)46-25-27-49-28-26-46/h2-20,29-30H,21-28H2,1H3. The van der Waals surface area contributed by atoms with Crippen LogP contribution < -0.4 is 4.90 Å². The molecule has 0 spiro atoms. The van der Waals surface area contributed by atoms with Crippen LogP contribution in [0.3, 0.4) is 0 Å². The topological polar surface area (TPSA) is 66.7 Å². The number of amides is 2. The smallest absolute Gasteiger partial charge is 0.320 e. The van der Waals surface area contributed by atoms with Gasteiger partial charge in [0.2, 0.25) is 0 Å². The lowest BCUT2D eigenvalue weighted by molar-refractivity contribution is 0.0428. The number of piperazine rings is 1. The van der Waals surface area contributed by atoms with Crippen LogP contribution in [0.25, 0.3) is 22.0 Å². The number of carbonyl (C=O) groups is 1. The molecule has 2 aliphatic heterocycles. The first-order chi connectivity index (χ1) is 24.1. The first kappa shape index (κ1) is 30.8. The second kappa shape index (κ2) is 13.2. The van der Waals surface area contributed by atoms with Crippen molar-refractivity contribution < 1.29 is 9.53 Å². The highest BCUT2D eigenvalue weighted by molar-refractivity contribution is 5.95. The average molecular weight is 649 g/mol. The minimum absolute atomic E-state index is 0.120. The van der Waals surface area contributed by atoms with Gasteiger partial charge in [0.05, 0.1) is 24.4 Å². The lowest BCUT2D eigenvalue weighted by Gasteiger charge is -2.39. The van der Waals surface area contributed by atoms with Crippen LogP contribution in [0.15, 0.2) is 128 Å². The van der Waals surface area contributed by atoms with Crippen molar-refractivity contribution in [3.8, 4) is 11.1 Å². The highest BCUT2D eigenvalue weighted by atomic mass is 16.5. The molecule has 2 saturated heterocycles. The molecule has 0 unspecified atom stereocenters. The Kier molecular flexibility index (Phi) is 8.31. The number of carbonyl (C=O) groups excluding carboxylic acids is 1. The number of anilines is 1. The van der Waals surface area contributed by atoms with Gasteiger partial charge in [0.15, 0.2) is 0 Å². The average Bonchev–Trinajstić information content (AvgIpc) is 3.57. The number of aromatic nitrogens is 3. The Morgan fingerprint density at radius 2 is 1.27 bits per heavy atom. The largest absolute Gasteiger partial charge is 0.378 e. The van der Waals surface area contributed by atoms with Crippen LogP contribution in [0.1, 0.15) is 22.4 Å². The zero-order chi connectivity index (χ0) is 33.2. The third-order valence-corrected chi connectivity index (χ3v) is 10.0. The van der Waals surface area contributed by atoms with Crippen LogP contribution in [0.2, 0.25) is 0 Å². The van der Waals surface area contributed by atoms with Crippen molar-refractivity contribution in [1.82, 2.24) is 24.6 Å². The molecule has 2 aromatic heterocycles. The molecule has 49 heavy (non-hydrogen) atoms. The van der Waals surface area contributed by atoms with Crippen LogP contribution in [0.4, 0.5) is 10.5 Å². The molecule has 2 aliphatic rings. The van der Waals surface area contributed by atoms with Crippen molar-refractivity contribution in [2.24, 2.45) is 0 Å². The molecule has 2 fully saturated rings. The van der Waals surface area contributed by atoms with Crippen LogP contribution in [0.5, 0.6) is 0 Å². The van der Waals surface area contributed by atoms with Crippen LogP contribution in [-0.4, -0.2) is 83.1 Å². The maximum atomic E-state index is 13.1. The molecule has 8 heteroatoms. The summed E-state index contributed by atoms with van der Waals surface area (Å²) in [6.07, 6.45) is 4.09. The van der Waals surface area contributed by atoms with E-state index >= 15 is 0 Å². The summed E-state index contributed by atoms with van der Waals surface area (Å²) in [6.45, 7) is 7.55. The minimum Gasteiger partial charge on any atom is -0.378 e. The van der Waals surface area contributed by atoms with Gasteiger partial charge in [0.1, 0.15) is 5.54 Å². The molecular formula is C41H40N6O2. The van der Waals surface area contributed by atoms with E-state index in [0.29, 0.717) is 39.4 Å². The number of urea groups is 1. The number of pyridine rings is 1. The molecule has 8 nitrogen and oxygen atoms in total. The number of hydrogen-bond acceptors (Lipinski definition) is 5. The Hall–Kier alpha value is -5.47. The Balaban J connectivity index is 1.17. The van der Waals surface area contributed by atoms with E-state index in [1.165, 1.54) is 0 Å². The van der Waals surface area contributed by atoms with Crippen LogP contribution >= 0.6 is 0 Å². The number of rotatable bonds is 6. The fourth-order valence-corrected chi connectivity index (χ4v) is 7.52. The lowest BCUT2D eigenvalue weighted by atomic mass is 9.77. The van der Waals surface area contributed by atoms with Gasteiger partial charge < -0.3 is 19.4 Å². The van der Waals surface area contributed by atoms with Crippen molar-refractivity contribution in [1.29, 1.82) is 0 Å². The zero-order valence-electron chi connectivity index (χ0n) is 27.8. The van der Waals surface area contributed by atoms with Crippen LogP contribution in [-0.2, 0) is 10.3 Å². The summed E-state index contributed by atoms with van der Waals surface area (Å²) < 4.78 is 7.60. The quantitative estimate of drug-likeness (QED) is 0.186. The maximum absolute atomic E-state index is 13.1. The Labute approximate surface area is 287 Å². The van der Waals surface area contributed by atoms with E-state index in [0.717, 1.165) is 63.2 Å². The van der Waals surface area contributed by atoms with Gasteiger partial charge >= 0.3 is 6.03 Å². The summed E-state index contributed by atoms with van der Waals surface area (Å²) in [5.74, 6) is 0. The third kappa shape index (κ3) is 5.62. The lowest BCUT2D eigenvalue weighted by Crippen LogP contribution is -2.54. The molecule has 4 heterocycles. The SMILES string of the molecule is Cc1nn(C(c2ccccc2)(c2ccccc2)c2ccccc2)cc1-c1ccc2nccc(N3CCN(C(=O)N4CCOCC4)CC3)c2c1. The van der Waals surface area contributed by atoms with Gasteiger partial charge in [0.25, 0.3) is 0 Å². The van der Waals surface area contributed by atoms with E-state index in [4.69, 9.17) is 14.8 Å². The first-order valence-corrected chi connectivity index (χ1v) is 17.1. The summed E-state index contributed by atoms with van der Waals surface area (Å²) in [5, 5.41) is 6.38. The van der Waals surface area contributed by atoms with Crippen molar-refractivity contribution in [2.45, 2.75) is 12.5 Å². The Morgan fingerprint density at radius 1 is 0.694 bits per heavy atom. The predicted octanol–water partition coefficient (Wildman–Crippen LogP) is 6.82. The van der Waals surface area contributed by atoms with Gasteiger partial charge in [-0.15, -0.1) is 0 Å². The number of morpholine rings is 1. The van der Waals surface area contributed by atoms with Gasteiger partial charge in [0, 0.05) is 68.3 Å². The van der Waals surface area contributed by atoms with E-state index in [2.05, 4.69) is 138 Å². The second-order valence-electron chi connectivity index (χ2n) is 12.8. The molecule has 8 rings (SSSR count). The van der Waals surface area contributed by atoms with E-state index in [1.54, 1.807) is 0 Å². The van der Waals surface area contributed by atoms with Gasteiger partial charge in [-0.05, 0) is 47.4 Å². The van der Waals surface area contributed by atoms with Gasteiger partial charge in [-0.25, -0.2) is 4.79 Å². The summed E-state index contributed by atoms with van der Waals surface area (Å²) in [4.78, 5) is 24.2. The molecule has 0 N–H and O–H groups in total. The zero-order valence-corrected chi connectivity index (χ0v) is 27.8. The number of benzene rings is 4. The molecular weight excluding hydrogens is 608 g/mol. The normalized spacial score (nSPS) is 15.5. The van der Waals surface area contributed by atoms with Crippen molar-refractivity contribution in [3.05, 3.63) is 150 Å². The first-order valence-electron chi connectivity index (χ1n) is 17.1. The molecule has 2 amide bonds. The van der Waals surface area contributed by atoms with E-state index < -0.39 is 5.54 Å². The number of hydrogen-bond donors (Lipinski definition) is 0. The Morgan fingerprint density at radius 3 is 1.86 bits per heavy atom. The van der Waals surface area contributed by atoms with E-state index in [9.17, 15) is 4.79 Å². The fourth-order valence-electron chi connectivity index (χ4n) is 7.52. The predicted molar refractivity (Wildman–Crippen MR) is 194 cm³/mol. The maximum Gasteiger partial charge on any atom is 0.320 e. The van der Waals surface area contributed by atoms with Crippen molar-refractivity contribution >= 4 is 22.6 Å². The monoisotopic (exact) mass is 648 g/mol. The van der Waals surface area contributed by atoms with E-state index in [1.807, 2.05) is 16.0 Å². The number of ether oxygens (including phenoxy) is 1. The fraction of sp³-hybridized carbons (Fsp3) is 0.244. The van der Waals surface area contributed by atoms with Crippen LogP contribution in [0, 0.1) is 6.92 Å². The summed E-state index contributed by atoms with van der Waals surface area (Å²) >= 11 is 0. The number of aryl methyl sites for hydroxylation is 1. The molecule has 0 bridgehead atoms. The molecule has 0 radical (unpaired) electrons. The number of fused-ring (bicyclic) bond motifs is 1. The summed E-state index contributed by atoms with van der Waals surface area (Å²) in [7, 11) is 0.